The van der Waals surface area contributed by atoms with Gasteiger partial charge in [-0.25, -0.2) is 0 Å². The normalized spacial score (nSPS) is 24.4. The minimum Gasteiger partial charge on any atom is -0.308 e. The van der Waals surface area contributed by atoms with E-state index in [0.717, 1.165) is 19.3 Å². The first-order valence-corrected chi connectivity index (χ1v) is 4.46. The third kappa shape index (κ3) is 3.90. The van der Waals surface area contributed by atoms with Gasteiger partial charge in [0.25, 0.3) is 0 Å². The molecule has 0 bridgehead atoms. The van der Waals surface area contributed by atoms with Crippen molar-refractivity contribution in [2.24, 2.45) is 0 Å². The summed E-state index contributed by atoms with van der Waals surface area (Å²) >= 11 is 3.53. The van der Waals surface area contributed by atoms with Crippen LogP contribution in [0.5, 0.6) is 0 Å². The van der Waals surface area contributed by atoms with Gasteiger partial charge in [-0.3, -0.25) is 0 Å². The lowest BCUT2D eigenvalue weighted by molar-refractivity contribution is -0.110. The van der Waals surface area contributed by atoms with Gasteiger partial charge in [-0.1, -0.05) is 6.42 Å². The van der Waals surface area contributed by atoms with Crippen molar-refractivity contribution in [3.8, 4) is 0 Å². The zero-order chi connectivity index (χ0) is 7.82. The van der Waals surface area contributed by atoms with Gasteiger partial charge in [0.1, 0.15) is 6.29 Å². The second kappa shape index (κ2) is 7.09. The van der Waals surface area contributed by atoms with Gasteiger partial charge in [-0.05, 0) is 25.6 Å². The molecule has 1 heterocycles. The summed E-state index contributed by atoms with van der Waals surface area (Å²) in [5, 5.41) is 3.10. The monoisotopic (exact) mass is 161 g/mol. The summed E-state index contributed by atoms with van der Waals surface area (Å²) in [5.74, 6) is 0. The molecule has 0 saturated carbocycles. The first-order chi connectivity index (χ1) is 4.93. The SMILES string of the molecule is CS.O=CC1CCCCN1. The minimum absolute atomic E-state index is 0.156. The van der Waals surface area contributed by atoms with Crippen LogP contribution in [0.1, 0.15) is 19.3 Å². The number of hydrogen-bond acceptors (Lipinski definition) is 3. The van der Waals surface area contributed by atoms with Crippen molar-refractivity contribution in [1.29, 1.82) is 0 Å². The van der Waals surface area contributed by atoms with Gasteiger partial charge in [0.15, 0.2) is 0 Å². The molecule has 0 aromatic carbocycles. The lowest BCUT2D eigenvalue weighted by atomic mass is 10.1. The Hall–Kier alpha value is -0.0200. The van der Waals surface area contributed by atoms with Crippen molar-refractivity contribution in [2.75, 3.05) is 12.8 Å². The highest BCUT2D eigenvalue weighted by molar-refractivity contribution is 7.79. The number of rotatable bonds is 1. The first-order valence-electron chi connectivity index (χ1n) is 3.57. The van der Waals surface area contributed by atoms with E-state index in [1.807, 2.05) is 0 Å². The lowest BCUT2D eigenvalue weighted by Crippen LogP contribution is -2.34. The molecule has 0 spiro atoms. The van der Waals surface area contributed by atoms with Crippen LogP contribution in [0.25, 0.3) is 0 Å². The number of piperidine rings is 1. The molecule has 0 radical (unpaired) electrons. The van der Waals surface area contributed by atoms with Crippen LogP contribution in [-0.4, -0.2) is 25.1 Å². The maximum absolute atomic E-state index is 10.1. The van der Waals surface area contributed by atoms with Crippen LogP contribution in [0.15, 0.2) is 0 Å². The fourth-order valence-electron chi connectivity index (χ4n) is 0.995. The summed E-state index contributed by atoms with van der Waals surface area (Å²) in [6, 6.07) is 0.156. The Bertz CT molecular complexity index is 81.7. The molecule has 0 amide bonds. The third-order valence-electron chi connectivity index (χ3n) is 1.51. The summed E-state index contributed by atoms with van der Waals surface area (Å²) < 4.78 is 0. The van der Waals surface area contributed by atoms with Crippen molar-refractivity contribution in [2.45, 2.75) is 25.3 Å². The van der Waals surface area contributed by atoms with E-state index < -0.39 is 0 Å². The Balaban J connectivity index is 0.000000371. The topological polar surface area (TPSA) is 29.1 Å². The minimum atomic E-state index is 0.156. The first kappa shape index (κ1) is 9.98. The fraction of sp³-hybridized carbons (Fsp3) is 0.857. The standard InChI is InChI=1S/C6H11NO.CH4S/c8-5-6-3-1-2-4-7-6;1-2/h5-7H,1-4H2;2H,1H3. The molecule has 1 aliphatic rings. The number of carbonyl (C=O) groups excluding carboxylic acids is 1. The number of nitrogens with one attached hydrogen (secondary N) is 1. The molecule has 1 atom stereocenters. The molecule has 1 N–H and O–H groups in total. The van der Waals surface area contributed by atoms with Crippen LogP contribution in [0, 0.1) is 0 Å². The molecule has 1 fully saturated rings. The molecule has 1 saturated heterocycles. The Kier molecular flexibility index (Phi) is 7.08. The molecule has 2 nitrogen and oxygen atoms in total. The van der Waals surface area contributed by atoms with E-state index >= 15 is 0 Å². The van der Waals surface area contributed by atoms with E-state index in [4.69, 9.17) is 0 Å². The summed E-state index contributed by atoms with van der Waals surface area (Å²) in [5.41, 5.74) is 0. The quantitative estimate of drug-likeness (QED) is 0.441. The predicted octanol–water partition coefficient (Wildman–Crippen LogP) is 0.873. The molecule has 1 aliphatic heterocycles. The number of carbonyl (C=O) groups is 1. The molecule has 0 aliphatic carbocycles. The van der Waals surface area contributed by atoms with Crippen LogP contribution in [0.4, 0.5) is 0 Å². The van der Waals surface area contributed by atoms with E-state index in [1.54, 1.807) is 6.26 Å². The lowest BCUT2D eigenvalue weighted by Gasteiger charge is -2.17. The van der Waals surface area contributed by atoms with Gasteiger partial charge in [-0.15, -0.1) is 0 Å². The smallest absolute Gasteiger partial charge is 0.136 e. The average molecular weight is 161 g/mol. The fourth-order valence-corrected chi connectivity index (χ4v) is 0.995. The summed E-state index contributed by atoms with van der Waals surface area (Å²) in [4.78, 5) is 10.1. The highest BCUT2D eigenvalue weighted by Gasteiger charge is 2.09. The molecular formula is C7H15NOS. The van der Waals surface area contributed by atoms with Crippen molar-refractivity contribution >= 4 is 18.9 Å². The van der Waals surface area contributed by atoms with Gasteiger partial charge in [-0.2, -0.15) is 12.6 Å². The van der Waals surface area contributed by atoms with Crippen LogP contribution >= 0.6 is 12.6 Å². The summed E-state index contributed by atoms with van der Waals surface area (Å²) in [7, 11) is 0. The van der Waals surface area contributed by atoms with Crippen molar-refractivity contribution in [3.05, 3.63) is 0 Å². The van der Waals surface area contributed by atoms with Crippen LogP contribution in [-0.2, 0) is 4.79 Å². The molecule has 10 heavy (non-hydrogen) atoms. The van der Waals surface area contributed by atoms with Crippen LogP contribution in [0.2, 0.25) is 0 Å². The Morgan fingerprint density at radius 1 is 1.50 bits per heavy atom. The van der Waals surface area contributed by atoms with Gasteiger partial charge in [0.2, 0.25) is 0 Å². The maximum atomic E-state index is 10.1. The zero-order valence-electron chi connectivity index (χ0n) is 6.34. The highest BCUT2D eigenvalue weighted by atomic mass is 32.1. The van der Waals surface area contributed by atoms with Gasteiger partial charge < -0.3 is 10.1 Å². The number of aldehydes is 1. The van der Waals surface area contributed by atoms with E-state index in [2.05, 4.69) is 17.9 Å². The van der Waals surface area contributed by atoms with Gasteiger partial charge in [0, 0.05) is 0 Å². The van der Waals surface area contributed by atoms with E-state index in [1.165, 1.54) is 12.8 Å². The van der Waals surface area contributed by atoms with Crippen molar-refractivity contribution < 1.29 is 4.79 Å². The van der Waals surface area contributed by atoms with Crippen LogP contribution < -0.4 is 5.32 Å². The van der Waals surface area contributed by atoms with Crippen LogP contribution in [0.3, 0.4) is 0 Å². The van der Waals surface area contributed by atoms with Crippen molar-refractivity contribution in [3.63, 3.8) is 0 Å². The Morgan fingerprint density at radius 2 is 2.20 bits per heavy atom. The largest absolute Gasteiger partial charge is 0.308 e. The molecule has 1 unspecified atom stereocenters. The van der Waals surface area contributed by atoms with Gasteiger partial charge >= 0.3 is 0 Å². The molecule has 1 rings (SSSR count). The molecular weight excluding hydrogens is 146 g/mol. The second-order valence-electron chi connectivity index (χ2n) is 2.19. The maximum Gasteiger partial charge on any atom is 0.136 e. The van der Waals surface area contributed by atoms with Crippen molar-refractivity contribution in [1.82, 2.24) is 5.32 Å². The second-order valence-corrected chi connectivity index (χ2v) is 2.19. The highest BCUT2D eigenvalue weighted by Crippen LogP contribution is 2.03. The molecule has 60 valence electrons. The number of hydrogen-bond donors (Lipinski definition) is 2. The molecule has 0 aromatic rings. The third-order valence-corrected chi connectivity index (χ3v) is 1.51. The Labute approximate surface area is 67.8 Å². The average Bonchev–Trinajstić information content (AvgIpc) is 2.10. The molecule has 3 heteroatoms. The summed E-state index contributed by atoms with van der Waals surface area (Å²) in [6.07, 6.45) is 6.16. The predicted molar refractivity (Wildman–Crippen MR) is 46.6 cm³/mol. The van der Waals surface area contributed by atoms with Gasteiger partial charge in [0.05, 0.1) is 6.04 Å². The van der Waals surface area contributed by atoms with E-state index in [-0.39, 0.29) is 6.04 Å². The van der Waals surface area contributed by atoms with E-state index in [9.17, 15) is 4.79 Å². The summed E-state index contributed by atoms with van der Waals surface area (Å²) in [6.45, 7) is 1.02. The number of thiol groups is 1. The zero-order valence-corrected chi connectivity index (χ0v) is 7.23. The van der Waals surface area contributed by atoms with E-state index in [0.29, 0.717) is 0 Å². The molecule has 0 aromatic heterocycles. The Morgan fingerprint density at radius 3 is 2.50 bits per heavy atom.